The molecule has 0 radical (unpaired) electrons. The summed E-state index contributed by atoms with van der Waals surface area (Å²) in [4.78, 5) is 12.8. The standard InChI is InChI=1S/C26H20FN3O4S/c1-4-35(32,33)29-18-7-10-24(34-25-9-5-16(2)11-23(25)27)20(13-18)22-15-30(3)26(31)21-12-17(14-28)6-8-19(21)22/h4-13,15,29H,1H2,2-3H3. The topological polar surface area (TPSA) is 101 Å². The molecule has 3 aromatic carbocycles. The normalized spacial score (nSPS) is 11.1. The fourth-order valence-corrected chi connectivity index (χ4v) is 4.20. The summed E-state index contributed by atoms with van der Waals surface area (Å²) in [5.74, 6) is -0.341. The number of aryl methyl sites for hydroxylation is 2. The highest BCUT2D eigenvalue weighted by Crippen LogP contribution is 2.39. The number of nitrogens with zero attached hydrogens (tertiary/aromatic N) is 2. The average molecular weight is 490 g/mol. The maximum Gasteiger partial charge on any atom is 0.258 e. The van der Waals surface area contributed by atoms with Gasteiger partial charge in [-0.1, -0.05) is 18.7 Å². The molecule has 0 aliphatic heterocycles. The zero-order chi connectivity index (χ0) is 25.3. The van der Waals surface area contributed by atoms with Crippen LogP contribution in [0.3, 0.4) is 0 Å². The van der Waals surface area contributed by atoms with E-state index < -0.39 is 15.8 Å². The molecule has 0 saturated heterocycles. The third kappa shape index (κ3) is 4.78. The fourth-order valence-electron chi connectivity index (χ4n) is 3.66. The molecule has 0 atom stereocenters. The number of hydrogen-bond donors (Lipinski definition) is 1. The molecule has 0 saturated carbocycles. The van der Waals surface area contributed by atoms with E-state index in [-0.39, 0.29) is 22.7 Å². The van der Waals surface area contributed by atoms with Crippen molar-refractivity contribution in [2.24, 2.45) is 7.05 Å². The van der Waals surface area contributed by atoms with Gasteiger partial charge in [-0.25, -0.2) is 12.8 Å². The molecular weight excluding hydrogens is 469 g/mol. The first kappa shape index (κ1) is 23.7. The van der Waals surface area contributed by atoms with Crippen molar-refractivity contribution < 1.29 is 17.5 Å². The Hall–Kier alpha value is -4.42. The van der Waals surface area contributed by atoms with E-state index in [0.29, 0.717) is 27.5 Å². The van der Waals surface area contributed by atoms with Gasteiger partial charge in [-0.2, -0.15) is 5.26 Å². The molecule has 35 heavy (non-hydrogen) atoms. The first-order valence-corrected chi connectivity index (χ1v) is 11.9. The van der Waals surface area contributed by atoms with Gasteiger partial charge in [0.1, 0.15) is 5.75 Å². The van der Waals surface area contributed by atoms with E-state index in [1.807, 2.05) is 6.07 Å². The third-order valence-electron chi connectivity index (χ3n) is 5.37. The van der Waals surface area contributed by atoms with Gasteiger partial charge in [0.05, 0.1) is 11.6 Å². The van der Waals surface area contributed by atoms with E-state index in [1.165, 1.54) is 41.0 Å². The van der Waals surface area contributed by atoms with Gasteiger partial charge in [-0.3, -0.25) is 9.52 Å². The Kier molecular flexibility index (Phi) is 6.16. The summed E-state index contributed by atoms with van der Waals surface area (Å²) in [6, 6.07) is 15.8. The molecule has 0 spiro atoms. The van der Waals surface area contributed by atoms with Crippen LogP contribution in [-0.2, 0) is 17.1 Å². The van der Waals surface area contributed by atoms with Gasteiger partial charge in [0.25, 0.3) is 15.6 Å². The highest BCUT2D eigenvalue weighted by Gasteiger charge is 2.17. The minimum Gasteiger partial charge on any atom is -0.454 e. The number of benzene rings is 3. The van der Waals surface area contributed by atoms with Gasteiger partial charge >= 0.3 is 0 Å². The lowest BCUT2D eigenvalue weighted by molar-refractivity contribution is 0.443. The van der Waals surface area contributed by atoms with Crippen molar-refractivity contribution in [2.75, 3.05) is 4.72 Å². The van der Waals surface area contributed by atoms with Crippen molar-refractivity contribution in [1.29, 1.82) is 5.26 Å². The van der Waals surface area contributed by atoms with E-state index in [2.05, 4.69) is 11.3 Å². The number of ether oxygens (including phenoxy) is 1. The van der Waals surface area contributed by atoms with Crippen molar-refractivity contribution in [3.8, 4) is 28.7 Å². The van der Waals surface area contributed by atoms with E-state index in [9.17, 15) is 22.9 Å². The van der Waals surface area contributed by atoms with Gasteiger partial charge in [0.15, 0.2) is 11.6 Å². The largest absolute Gasteiger partial charge is 0.454 e. The molecular formula is C26H20FN3O4S. The zero-order valence-corrected chi connectivity index (χ0v) is 19.7. The highest BCUT2D eigenvalue weighted by molar-refractivity contribution is 7.95. The number of sulfonamides is 1. The lowest BCUT2D eigenvalue weighted by atomic mass is 9.98. The van der Waals surface area contributed by atoms with Crippen LogP contribution in [0.4, 0.5) is 10.1 Å². The van der Waals surface area contributed by atoms with Crippen LogP contribution in [-0.4, -0.2) is 13.0 Å². The van der Waals surface area contributed by atoms with Gasteiger partial charge in [0.2, 0.25) is 0 Å². The number of nitriles is 1. The molecule has 0 aliphatic carbocycles. The second kappa shape index (κ2) is 9.08. The van der Waals surface area contributed by atoms with Crippen LogP contribution in [0.1, 0.15) is 11.1 Å². The SMILES string of the molecule is C=CS(=O)(=O)Nc1ccc(Oc2ccc(C)cc2F)c(-c2cn(C)c(=O)c3cc(C#N)ccc23)c1. The van der Waals surface area contributed by atoms with E-state index in [4.69, 9.17) is 4.74 Å². The number of anilines is 1. The Bertz CT molecular complexity index is 1700. The first-order chi connectivity index (χ1) is 16.6. The number of aromatic nitrogens is 1. The number of hydrogen-bond acceptors (Lipinski definition) is 5. The molecule has 176 valence electrons. The summed E-state index contributed by atoms with van der Waals surface area (Å²) in [5.41, 5.74) is 1.87. The molecule has 0 aliphatic rings. The molecule has 0 bridgehead atoms. The Labute approximate surface area is 201 Å². The van der Waals surface area contributed by atoms with Crippen LogP contribution in [0.5, 0.6) is 11.5 Å². The zero-order valence-electron chi connectivity index (χ0n) is 18.9. The number of nitrogens with one attached hydrogen (secondary N) is 1. The molecule has 0 amide bonds. The van der Waals surface area contributed by atoms with Gasteiger partial charge in [-0.15, -0.1) is 0 Å². The van der Waals surface area contributed by atoms with Crippen molar-refractivity contribution in [1.82, 2.24) is 4.57 Å². The molecule has 1 heterocycles. The van der Waals surface area contributed by atoms with Crippen LogP contribution < -0.4 is 15.0 Å². The number of rotatable bonds is 6. The average Bonchev–Trinajstić information content (AvgIpc) is 2.83. The maximum absolute atomic E-state index is 14.6. The predicted molar refractivity (Wildman–Crippen MR) is 133 cm³/mol. The Morgan fingerprint density at radius 2 is 1.80 bits per heavy atom. The van der Waals surface area contributed by atoms with E-state index in [1.54, 1.807) is 38.4 Å². The summed E-state index contributed by atoms with van der Waals surface area (Å²) in [5, 5.41) is 10.9. The minimum absolute atomic E-state index is 0.0165. The maximum atomic E-state index is 14.6. The molecule has 7 nitrogen and oxygen atoms in total. The quantitative estimate of drug-likeness (QED) is 0.401. The molecule has 0 unspecified atom stereocenters. The molecule has 4 aromatic rings. The highest BCUT2D eigenvalue weighted by atomic mass is 32.2. The minimum atomic E-state index is -3.80. The van der Waals surface area contributed by atoms with Crippen LogP contribution >= 0.6 is 0 Å². The van der Waals surface area contributed by atoms with Crippen molar-refractivity contribution >= 4 is 26.5 Å². The lowest BCUT2D eigenvalue weighted by Gasteiger charge is -2.17. The van der Waals surface area contributed by atoms with Crippen LogP contribution in [0.15, 0.2) is 77.6 Å². The van der Waals surface area contributed by atoms with E-state index >= 15 is 0 Å². The van der Waals surface area contributed by atoms with Gasteiger partial charge < -0.3 is 9.30 Å². The van der Waals surface area contributed by atoms with Crippen molar-refractivity contribution in [3.63, 3.8) is 0 Å². The smallest absolute Gasteiger partial charge is 0.258 e. The summed E-state index contributed by atoms with van der Waals surface area (Å²) in [6.45, 7) is 5.05. The van der Waals surface area contributed by atoms with Crippen LogP contribution in [0.25, 0.3) is 21.9 Å². The second-order valence-electron chi connectivity index (χ2n) is 7.89. The van der Waals surface area contributed by atoms with Gasteiger partial charge in [-0.05, 0) is 60.3 Å². The molecule has 9 heteroatoms. The summed E-state index contributed by atoms with van der Waals surface area (Å²) >= 11 is 0. The Balaban J connectivity index is 1.99. The second-order valence-corrected chi connectivity index (χ2v) is 9.52. The fraction of sp³-hybridized carbons (Fsp3) is 0.0769. The monoisotopic (exact) mass is 489 g/mol. The van der Waals surface area contributed by atoms with Crippen LogP contribution in [0.2, 0.25) is 0 Å². The van der Waals surface area contributed by atoms with Crippen LogP contribution in [0, 0.1) is 24.1 Å². The van der Waals surface area contributed by atoms with E-state index in [0.717, 1.165) is 11.0 Å². The summed E-state index contributed by atoms with van der Waals surface area (Å²) < 4.78 is 48.4. The predicted octanol–water partition coefficient (Wildman–Crippen LogP) is 5.20. The summed E-state index contributed by atoms with van der Waals surface area (Å²) in [7, 11) is -2.24. The molecule has 1 N–H and O–H groups in total. The third-order valence-corrected chi connectivity index (χ3v) is 6.33. The molecule has 1 aromatic heterocycles. The lowest BCUT2D eigenvalue weighted by Crippen LogP contribution is -2.17. The van der Waals surface area contributed by atoms with Gasteiger partial charge in [0, 0.05) is 40.9 Å². The first-order valence-electron chi connectivity index (χ1n) is 10.4. The van der Waals surface area contributed by atoms with Crippen molar-refractivity contribution in [2.45, 2.75) is 6.92 Å². The Morgan fingerprint density at radius 1 is 1.06 bits per heavy atom. The summed E-state index contributed by atoms with van der Waals surface area (Å²) in [6.07, 6.45) is 1.58. The van der Waals surface area contributed by atoms with Crippen molar-refractivity contribution in [3.05, 3.63) is 100 Å². The molecule has 4 rings (SSSR count). The number of pyridine rings is 1. The number of halogens is 1. The number of fused-ring (bicyclic) bond motifs is 1. The Morgan fingerprint density at radius 3 is 2.49 bits per heavy atom. The molecule has 0 fully saturated rings.